The highest BCUT2D eigenvalue weighted by molar-refractivity contribution is 6.36. The Balaban J connectivity index is 0.00000200. The zero-order valence-electron chi connectivity index (χ0n) is 9.31. The first-order chi connectivity index (χ1) is 8.73. The van der Waals surface area contributed by atoms with Gasteiger partial charge in [0.2, 0.25) is 5.75 Å². The molecule has 0 radical (unpaired) electrons. The standard InChI is InChI=1S/C10H4ClF3N2O3.ClH/c11-5-3-6(16(18)19)9(17)8-7(5)4(1-2-15-8)10(12,13)14;/h1-3,17H;1H. The van der Waals surface area contributed by atoms with Gasteiger partial charge in [0, 0.05) is 17.6 Å². The summed E-state index contributed by atoms with van der Waals surface area (Å²) in [6.45, 7) is 0. The van der Waals surface area contributed by atoms with Crippen LogP contribution in [0.2, 0.25) is 5.02 Å². The van der Waals surface area contributed by atoms with Crippen LogP contribution in [0.4, 0.5) is 18.9 Å². The summed E-state index contributed by atoms with van der Waals surface area (Å²) < 4.78 is 38.4. The lowest BCUT2D eigenvalue weighted by atomic mass is 10.1. The monoisotopic (exact) mass is 328 g/mol. The number of phenols is 1. The highest BCUT2D eigenvalue weighted by Crippen LogP contribution is 2.43. The van der Waals surface area contributed by atoms with Crippen LogP contribution in [-0.4, -0.2) is 15.0 Å². The number of phenolic OH excluding ortho intramolecular Hbond substituents is 1. The fourth-order valence-corrected chi connectivity index (χ4v) is 1.94. The third-order valence-electron chi connectivity index (χ3n) is 2.42. The zero-order valence-corrected chi connectivity index (χ0v) is 10.9. The summed E-state index contributed by atoms with van der Waals surface area (Å²) in [7, 11) is 0. The van der Waals surface area contributed by atoms with Gasteiger partial charge in [-0.1, -0.05) is 11.6 Å². The molecule has 10 heteroatoms. The van der Waals surface area contributed by atoms with Crippen molar-refractivity contribution in [3.8, 4) is 5.75 Å². The van der Waals surface area contributed by atoms with E-state index in [1.54, 1.807) is 0 Å². The second kappa shape index (κ2) is 5.29. The van der Waals surface area contributed by atoms with Crippen LogP contribution < -0.4 is 0 Å². The molecule has 0 amide bonds. The molecule has 2 aromatic rings. The van der Waals surface area contributed by atoms with E-state index >= 15 is 0 Å². The van der Waals surface area contributed by atoms with Gasteiger partial charge in [0.15, 0.2) is 0 Å². The highest BCUT2D eigenvalue weighted by atomic mass is 35.5. The number of halogens is 5. The van der Waals surface area contributed by atoms with E-state index < -0.39 is 44.0 Å². The summed E-state index contributed by atoms with van der Waals surface area (Å²) in [6.07, 6.45) is -3.92. The van der Waals surface area contributed by atoms with E-state index in [-0.39, 0.29) is 12.4 Å². The molecular weight excluding hydrogens is 324 g/mol. The first-order valence-corrected chi connectivity index (χ1v) is 5.13. The first-order valence-electron chi connectivity index (χ1n) is 4.75. The summed E-state index contributed by atoms with van der Waals surface area (Å²) in [6, 6.07) is 1.34. The van der Waals surface area contributed by atoms with Gasteiger partial charge in [0.1, 0.15) is 5.52 Å². The number of benzene rings is 1. The average Bonchev–Trinajstić information content (AvgIpc) is 2.31. The van der Waals surface area contributed by atoms with Crippen LogP contribution in [0.5, 0.6) is 5.75 Å². The van der Waals surface area contributed by atoms with Crippen LogP contribution in [-0.2, 0) is 6.18 Å². The molecule has 0 aliphatic heterocycles. The third kappa shape index (κ3) is 2.56. The molecule has 20 heavy (non-hydrogen) atoms. The van der Waals surface area contributed by atoms with E-state index in [2.05, 4.69) is 4.98 Å². The van der Waals surface area contributed by atoms with E-state index in [1.165, 1.54) is 0 Å². The Labute approximate surface area is 120 Å². The summed E-state index contributed by atoms with van der Waals surface area (Å²) in [4.78, 5) is 13.2. The van der Waals surface area contributed by atoms with Crippen LogP contribution in [0.1, 0.15) is 5.56 Å². The SMILES string of the molecule is Cl.O=[N+]([O-])c1cc(Cl)c2c(C(F)(F)F)ccnc2c1O. The van der Waals surface area contributed by atoms with Crippen molar-refractivity contribution < 1.29 is 23.2 Å². The number of aromatic nitrogens is 1. The molecule has 1 heterocycles. The van der Waals surface area contributed by atoms with Crippen molar-refractivity contribution in [1.29, 1.82) is 0 Å². The number of aromatic hydroxyl groups is 1. The van der Waals surface area contributed by atoms with Crippen LogP contribution >= 0.6 is 24.0 Å². The maximum atomic E-state index is 12.8. The first kappa shape index (κ1) is 16.3. The van der Waals surface area contributed by atoms with E-state index in [1.807, 2.05) is 0 Å². The van der Waals surface area contributed by atoms with Crippen molar-refractivity contribution in [2.45, 2.75) is 6.18 Å². The molecule has 108 valence electrons. The molecule has 2 rings (SSSR count). The van der Waals surface area contributed by atoms with Gasteiger partial charge in [-0.25, -0.2) is 0 Å². The van der Waals surface area contributed by atoms with Crippen molar-refractivity contribution in [3.05, 3.63) is 39.0 Å². The van der Waals surface area contributed by atoms with Crippen LogP contribution in [0, 0.1) is 10.1 Å². The van der Waals surface area contributed by atoms with Crippen molar-refractivity contribution in [1.82, 2.24) is 4.98 Å². The minimum atomic E-state index is -4.71. The molecule has 1 aromatic carbocycles. The summed E-state index contributed by atoms with van der Waals surface area (Å²) in [5.41, 5.74) is -2.48. The van der Waals surface area contributed by atoms with Gasteiger partial charge in [-0.05, 0) is 6.07 Å². The average molecular weight is 329 g/mol. The number of hydrogen-bond acceptors (Lipinski definition) is 4. The van der Waals surface area contributed by atoms with Gasteiger partial charge in [0.05, 0.1) is 15.5 Å². The maximum absolute atomic E-state index is 12.8. The fraction of sp³-hybridized carbons (Fsp3) is 0.100. The number of nitrogens with zero attached hydrogens (tertiary/aromatic N) is 2. The van der Waals surface area contributed by atoms with E-state index in [4.69, 9.17) is 11.6 Å². The summed E-state index contributed by atoms with van der Waals surface area (Å²) >= 11 is 5.63. The van der Waals surface area contributed by atoms with Gasteiger partial charge in [-0.2, -0.15) is 13.2 Å². The van der Waals surface area contributed by atoms with Gasteiger partial charge in [-0.3, -0.25) is 15.1 Å². The number of fused-ring (bicyclic) bond motifs is 1. The third-order valence-corrected chi connectivity index (χ3v) is 2.72. The molecule has 1 N–H and O–H groups in total. The Kier molecular flexibility index (Phi) is 4.30. The summed E-state index contributed by atoms with van der Waals surface area (Å²) in [5, 5.41) is 19.2. The van der Waals surface area contributed by atoms with Crippen molar-refractivity contribution in [2.24, 2.45) is 0 Å². The smallest absolute Gasteiger partial charge is 0.417 e. The number of pyridine rings is 1. The Hall–Kier alpha value is -1.80. The lowest BCUT2D eigenvalue weighted by molar-refractivity contribution is -0.385. The number of nitro benzene ring substituents is 1. The Morgan fingerprint density at radius 1 is 1.40 bits per heavy atom. The van der Waals surface area contributed by atoms with Gasteiger partial charge in [0.25, 0.3) is 0 Å². The molecule has 0 saturated carbocycles. The Morgan fingerprint density at radius 2 is 2.00 bits per heavy atom. The topological polar surface area (TPSA) is 76.3 Å². The van der Waals surface area contributed by atoms with Crippen molar-refractivity contribution >= 4 is 40.6 Å². The van der Waals surface area contributed by atoms with Gasteiger partial charge < -0.3 is 5.11 Å². The van der Waals surface area contributed by atoms with Crippen LogP contribution in [0.15, 0.2) is 18.3 Å². The zero-order chi connectivity index (χ0) is 14.4. The minimum Gasteiger partial charge on any atom is -0.501 e. The second-order valence-corrected chi connectivity index (χ2v) is 3.97. The van der Waals surface area contributed by atoms with E-state index in [0.29, 0.717) is 12.1 Å². The van der Waals surface area contributed by atoms with Gasteiger partial charge >= 0.3 is 11.9 Å². The summed E-state index contributed by atoms with van der Waals surface area (Å²) in [5.74, 6) is -0.949. The van der Waals surface area contributed by atoms with E-state index in [9.17, 15) is 28.4 Å². The van der Waals surface area contributed by atoms with Crippen molar-refractivity contribution in [2.75, 3.05) is 0 Å². The fourth-order valence-electron chi connectivity index (χ4n) is 1.64. The normalized spacial score (nSPS) is 11.2. The van der Waals surface area contributed by atoms with Crippen molar-refractivity contribution in [3.63, 3.8) is 0 Å². The molecule has 1 aromatic heterocycles. The molecule has 0 bridgehead atoms. The number of nitro groups is 1. The quantitative estimate of drug-likeness (QED) is 0.635. The Bertz CT molecular complexity index is 691. The minimum absolute atomic E-state index is 0. The molecule has 0 spiro atoms. The van der Waals surface area contributed by atoms with E-state index in [0.717, 1.165) is 6.20 Å². The molecule has 0 fully saturated rings. The lowest BCUT2D eigenvalue weighted by Gasteiger charge is -2.11. The molecule has 0 aliphatic rings. The number of hydrogen-bond donors (Lipinski definition) is 1. The predicted octanol–water partition coefficient (Wildman–Crippen LogP) is 3.94. The molecule has 0 unspecified atom stereocenters. The predicted molar refractivity (Wildman–Crippen MR) is 67.3 cm³/mol. The molecule has 0 aliphatic carbocycles. The maximum Gasteiger partial charge on any atom is 0.417 e. The Morgan fingerprint density at radius 3 is 2.50 bits per heavy atom. The van der Waals surface area contributed by atoms with Crippen LogP contribution in [0.25, 0.3) is 10.9 Å². The largest absolute Gasteiger partial charge is 0.501 e. The number of rotatable bonds is 1. The molecular formula is C10H5Cl2F3N2O3. The number of alkyl halides is 3. The molecule has 5 nitrogen and oxygen atoms in total. The second-order valence-electron chi connectivity index (χ2n) is 3.56. The van der Waals surface area contributed by atoms with Crippen LogP contribution in [0.3, 0.4) is 0 Å². The molecule has 0 atom stereocenters. The highest BCUT2D eigenvalue weighted by Gasteiger charge is 2.35. The molecule has 0 saturated heterocycles. The van der Waals surface area contributed by atoms with Gasteiger partial charge in [-0.15, -0.1) is 12.4 Å². The lowest BCUT2D eigenvalue weighted by Crippen LogP contribution is -2.06.